The summed E-state index contributed by atoms with van der Waals surface area (Å²) in [6, 6.07) is 0. The summed E-state index contributed by atoms with van der Waals surface area (Å²) in [6.45, 7) is 3.11. The molecule has 1 aliphatic rings. The molecule has 0 aromatic heterocycles. The molecule has 7 N–H and O–H groups in total. The molecule has 1 fully saturated rings. The van der Waals surface area contributed by atoms with Crippen LogP contribution >= 0.6 is 15.6 Å². The Morgan fingerprint density at radius 1 is 0.483 bits per heavy atom. The second-order valence-corrected chi connectivity index (χ2v) is 18.7. The molecule has 1 aliphatic carbocycles. The summed E-state index contributed by atoms with van der Waals surface area (Å²) in [4.78, 5) is 54.1. The van der Waals surface area contributed by atoms with Gasteiger partial charge in [0.1, 0.15) is 43.2 Å². The summed E-state index contributed by atoms with van der Waals surface area (Å²) in [5.41, 5.74) is 0. The van der Waals surface area contributed by atoms with Crippen LogP contribution in [0.3, 0.4) is 0 Å². The molecular weight excluding hydrogens is 833 g/mol. The quantitative estimate of drug-likeness (QED) is 0.0137. The van der Waals surface area contributed by atoms with Gasteiger partial charge in [-0.1, -0.05) is 168 Å². The number of aliphatic hydroxyl groups excluding tert-OH is 4. The Morgan fingerprint density at radius 3 is 1.22 bits per heavy atom. The molecule has 0 saturated heterocycles. The smallest absolute Gasteiger partial charge is 0.462 e. The van der Waals surface area contributed by atoms with Crippen molar-refractivity contribution in [3.63, 3.8) is 0 Å². The van der Waals surface area contributed by atoms with Crippen LogP contribution in [0.2, 0.25) is 0 Å². The van der Waals surface area contributed by atoms with Gasteiger partial charge in [0.2, 0.25) is 0 Å². The topological polar surface area (TPSA) is 256 Å². The van der Waals surface area contributed by atoms with E-state index in [0.29, 0.717) is 12.8 Å². The molecule has 1 rings (SSSR count). The molecule has 0 aliphatic heterocycles. The Kier molecular flexibility index (Phi) is 36.2. The number of unbranched alkanes of at least 4 members (excludes halogenated alkanes) is 24. The third-order valence-electron chi connectivity index (χ3n) is 10.7. The summed E-state index contributed by atoms with van der Waals surface area (Å²) in [5, 5.41) is 41.1. The van der Waals surface area contributed by atoms with Crippen LogP contribution in [0.25, 0.3) is 0 Å². The van der Waals surface area contributed by atoms with Crippen molar-refractivity contribution in [3.8, 4) is 0 Å². The van der Waals surface area contributed by atoms with Gasteiger partial charge in [-0.2, -0.15) is 0 Å². The molecule has 16 nitrogen and oxygen atoms in total. The van der Waals surface area contributed by atoms with E-state index in [1.54, 1.807) is 0 Å². The number of rotatable bonds is 38. The zero-order chi connectivity index (χ0) is 43.9. The molecule has 0 bridgehead atoms. The normalized spacial score (nSPS) is 22.1. The van der Waals surface area contributed by atoms with Crippen molar-refractivity contribution in [1.82, 2.24) is 0 Å². The van der Waals surface area contributed by atoms with Crippen molar-refractivity contribution >= 4 is 57.1 Å². The maximum absolute atomic E-state index is 12.9. The standard InChI is InChI=1S/C41H80O16P2.Na/c1-3-5-7-9-11-13-15-17-19-21-23-25-27-29-34(42)53-31-33(55-35(43)30-28-26-24-22-20-18-16-14-12-10-8-6-4-2)32-54-59(51,52)57-41-38(46)36(44)37(45)40(39(41)47)56-58(48,49)50;/h33,36-41,44-47H,3-32H2,1-2H3,(H,51,52)(H2,48,49,50);. The number of hydrogen-bond donors (Lipinski definition) is 7. The van der Waals surface area contributed by atoms with Crippen LogP contribution in [0.15, 0.2) is 0 Å². The fourth-order valence-corrected chi connectivity index (χ4v) is 8.68. The fraction of sp³-hybridized carbons (Fsp3) is 0.951. The Bertz CT molecular complexity index is 1180. The molecule has 0 heterocycles. The molecule has 1 saturated carbocycles. The molecule has 1 radical (unpaired) electrons. The van der Waals surface area contributed by atoms with Gasteiger partial charge in [0.05, 0.1) is 6.61 Å². The van der Waals surface area contributed by atoms with E-state index in [4.69, 9.17) is 28.3 Å². The SMILES string of the molecule is CCCCCCCCCCCCCCCC(=O)OCC(COP(=O)(O)OC1C(O)C(O)C(O)C(OP(=O)(O)O)C1O)OC(=O)CCCCCCCCCCCCCCC.[Na]. The van der Waals surface area contributed by atoms with Crippen LogP contribution in [-0.4, -0.2) is 133 Å². The first-order valence-electron chi connectivity index (χ1n) is 22.6. The molecule has 0 spiro atoms. The largest absolute Gasteiger partial charge is 0.472 e. The molecule has 60 heavy (non-hydrogen) atoms. The number of hydrogen-bond acceptors (Lipinski definition) is 13. The number of ether oxygens (including phenoxy) is 2. The number of carbonyl (C=O) groups excluding carboxylic acids is 2. The van der Waals surface area contributed by atoms with Crippen molar-refractivity contribution < 1.29 is 76.9 Å². The van der Waals surface area contributed by atoms with E-state index < -0.39 is 83.5 Å². The summed E-state index contributed by atoms with van der Waals surface area (Å²) in [7, 11) is -10.6. The molecule has 0 aromatic rings. The summed E-state index contributed by atoms with van der Waals surface area (Å²) in [5.74, 6) is -1.19. The number of esters is 2. The van der Waals surface area contributed by atoms with E-state index in [-0.39, 0.29) is 42.4 Å². The molecule has 0 aromatic carbocycles. The van der Waals surface area contributed by atoms with Crippen LogP contribution in [-0.2, 0) is 41.8 Å². The predicted octanol–water partition coefficient (Wildman–Crippen LogP) is 7.46. The number of aliphatic hydroxyl groups is 4. The van der Waals surface area contributed by atoms with Crippen LogP contribution in [0, 0.1) is 0 Å². The van der Waals surface area contributed by atoms with Gasteiger partial charge in [-0.3, -0.25) is 23.2 Å². The van der Waals surface area contributed by atoms with Gasteiger partial charge in [-0.25, -0.2) is 9.13 Å². The van der Waals surface area contributed by atoms with Crippen LogP contribution < -0.4 is 0 Å². The molecule has 19 heteroatoms. The van der Waals surface area contributed by atoms with Gasteiger partial charge >= 0.3 is 27.6 Å². The van der Waals surface area contributed by atoms with E-state index in [1.165, 1.54) is 103 Å². The minimum atomic E-state index is -5.35. The Hall–Kier alpha value is 0. The molecule has 351 valence electrons. The van der Waals surface area contributed by atoms with Gasteiger partial charge in [0.25, 0.3) is 0 Å². The first kappa shape index (κ1) is 60.0. The van der Waals surface area contributed by atoms with Crippen molar-refractivity contribution in [3.05, 3.63) is 0 Å². The van der Waals surface area contributed by atoms with E-state index in [0.717, 1.165) is 51.4 Å². The summed E-state index contributed by atoms with van der Waals surface area (Å²) in [6.07, 6.45) is 15.0. The fourth-order valence-electron chi connectivity index (χ4n) is 7.14. The maximum atomic E-state index is 12.9. The zero-order valence-corrected chi connectivity index (χ0v) is 40.7. The monoisotopic (exact) mass is 913 g/mol. The van der Waals surface area contributed by atoms with Gasteiger partial charge in [0.15, 0.2) is 6.10 Å². The van der Waals surface area contributed by atoms with E-state index in [1.807, 2.05) is 0 Å². The average molecular weight is 914 g/mol. The average Bonchev–Trinajstić information content (AvgIpc) is 3.18. The van der Waals surface area contributed by atoms with E-state index >= 15 is 0 Å². The van der Waals surface area contributed by atoms with Crippen LogP contribution in [0.5, 0.6) is 0 Å². The molecule has 8 atom stereocenters. The Morgan fingerprint density at radius 2 is 0.833 bits per heavy atom. The zero-order valence-electron chi connectivity index (χ0n) is 37.0. The third kappa shape index (κ3) is 30.2. The second kappa shape index (κ2) is 36.2. The predicted molar refractivity (Wildman–Crippen MR) is 229 cm³/mol. The molecular formula is C41H80NaO16P2. The minimum Gasteiger partial charge on any atom is -0.462 e. The van der Waals surface area contributed by atoms with Gasteiger partial charge in [-0.05, 0) is 12.8 Å². The second-order valence-electron chi connectivity index (χ2n) is 16.1. The molecule has 0 amide bonds. The summed E-state index contributed by atoms with van der Waals surface area (Å²) < 4.78 is 49.3. The van der Waals surface area contributed by atoms with Crippen molar-refractivity contribution in [2.75, 3.05) is 13.2 Å². The first-order valence-corrected chi connectivity index (χ1v) is 25.6. The minimum absolute atomic E-state index is 0. The Balaban J connectivity index is 0.0000348. The van der Waals surface area contributed by atoms with Gasteiger partial charge in [0, 0.05) is 42.4 Å². The molecule has 8 unspecified atom stereocenters. The van der Waals surface area contributed by atoms with E-state index in [2.05, 4.69) is 18.4 Å². The number of carbonyl (C=O) groups is 2. The van der Waals surface area contributed by atoms with Crippen LogP contribution in [0.1, 0.15) is 194 Å². The number of phosphoric ester groups is 2. The van der Waals surface area contributed by atoms with E-state index in [9.17, 15) is 44.0 Å². The summed E-state index contributed by atoms with van der Waals surface area (Å²) >= 11 is 0. The van der Waals surface area contributed by atoms with Crippen molar-refractivity contribution in [2.24, 2.45) is 0 Å². The first-order chi connectivity index (χ1) is 28.1. The Labute approximate surface area is 381 Å². The third-order valence-corrected chi connectivity index (χ3v) is 12.2. The van der Waals surface area contributed by atoms with Crippen molar-refractivity contribution in [2.45, 2.75) is 236 Å². The number of phosphoric acid groups is 2. The van der Waals surface area contributed by atoms with Gasteiger partial charge < -0.3 is 44.6 Å². The maximum Gasteiger partial charge on any atom is 0.472 e. The van der Waals surface area contributed by atoms with Crippen LogP contribution in [0.4, 0.5) is 0 Å². The van der Waals surface area contributed by atoms with Crippen molar-refractivity contribution in [1.29, 1.82) is 0 Å². The van der Waals surface area contributed by atoms with Gasteiger partial charge in [-0.15, -0.1) is 0 Å².